The molecule has 28 heavy (non-hydrogen) atoms. The second kappa shape index (κ2) is 7.35. The van der Waals surface area contributed by atoms with Crippen molar-refractivity contribution < 1.29 is 18.7 Å². The Morgan fingerprint density at radius 1 is 1.14 bits per heavy atom. The van der Waals surface area contributed by atoms with Crippen LogP contribution in [0.5, 0.6) is 0 Å². The van der Waals surface area contributed by atoms with E-state index in [1.54, 1.807) is 17.0 Å². The van der Waals surface area contributed by atoms with Crippen molar-refractivity contribution in [1.29, 1.82) is 0 Å². The minimum Gasteiger partial charge on any atom is -0.381 e. The molecular weight excluding hydrogens is 361 g/mol. The number of nitrogens with zero attached hydrogens (tertiary/aromatic N) is 2. The summed E-state index contributed by atoms with van der Waals surface area (Å²) in [4.78, 5) is 29.2. The topological polar surface area (TPSA) is 61.9 Å². The van der Waals surface area contributed by atoms with Gasteiger partial charge in [-0.15, -0.1) is 0 Å². The summed E-state index contributed by atoms with van der Waals surface area (Å²) in [5.74, 6) is -0.0869. The normalized spacial score (nSPS) is 23.7. The van der Waals surface area contributed by atoms with Gasteiger partial charge in [-0.2, -0.15) is 0 Å². The van der Waals surface area contributed by atoms with Gasteiger partial charge in [0.1, 0.15) is 5.82 Å². The number of carbonyl (C=O) groups is 2. The average molecular weight is 389 g/mol. The first-order chi connectivity index (χ1) is 13.4. The highest BCUT2D eigenvalue weighted by atomic mass is 19.1. The number of carbonyl (C=O) groups excluding carboxylic acids is 2. The van der Waals surface area contributed by atoms with E-state index in [-0.39, 0.29) is 23.3 Å². The summed E-state index contributed by atoms with van der Waals surface area (Å²) in [6, 6.07) is 6.43. The fourth-order valence-electron chi connectivity index (χ4n) is 4.89. The summed E-state index contributed by atoms with van der Waals surface area (Å²) >= 11 is 0. The molecule has 0 radical (unpaired) electrons. The molecule has 0 saturated carbocycles. The molecular formula is C21H28FN3O3. The molecule has 1 N–H and O–H groups in total. The molecule has 4 rings (SSSR count). The molecule has 3 aliphatic heterocycles. The lowest BCUT2D eigenvalue weighted by molar-refractivity contribution is -0.150. The minimum atomic E-state index is -0.490. The molecule has 0 unspecified atom stereocenters. The third-order valence-corrected chi connectivity index (χ3v) is 6.93. The van der Waals surface area contributed by atoms with Gasteiger partial charge in [-0.3, -0.25) is 4.79 Å². The first kappa shape index (κ1) is 19.2. The second-order valence-corrected chi connectivity index (χ2v) is 8.43. The van der Waals surface area contributed by atoms with E-state index < -0.39 is 5.41 Å². The monoisotopic (exact) mass is 389 g/mol. The first-order valence-corrected chi connectivity index (χ1v) is 10.1. The van der Waals surface area contributed by atoms with Gasteiger partial charge in [0.25, 0.3) is 0 Å². The Bertz CT molecular complexity index is 738. The zero-order chi connectivity index (χ0) is 19.8. The van der Waals surface area contributed by atoms with E-state index in [1.165, 1.54) is 12.1 Å². The van der Waals surface area contributed by atoms with Crippen molar-refractivity contribution in [3.8, 4) is 0 Å². The Balaban J connectivity index is 1.49. The lowest BCUT2D eigenvalue weighted by atomic mass is 9.73. The maximum Gasteiger partial charge on any atom is 0.317 e. The van der Waals surface area contributed by atoms with E-state index in [4.69, 9.17) is 4.74 Å². The van der Waals surface area contributed by atoms with Crippen LogP contribution in [0.4, 0.5) is 9.18 Å². The second-order valence-electron chi connectivity index (χ2n) is 8.43. The van der Waals surface area contributed by atoms with Crippen LogP contribution in [-0.4, -0.2) is 67.2 Å². The van der Waals surface area contributed by atoms with Crippen LogP contribution < -0.4 is 5.32 Å². The van der Waals surface area contributed by atoms with Crippen LogP contribution >= 0.6 is 0 Å². The van der Waals surface area contributed by atoms with Crippen molar-refractivity contribution in [1.82, 2.24) is 15.1 Å². The van der Waals surface area contributed by atoms with Gasteiger partial charge < -0.3 is 19.9 Å². The van der Waals surface area contributed by atoms with E-state index in [1.807, 2.05) is 11.9 Å². The van der Waals surface area contributed by atoms with E-state index >= 15 is 0 Å². The molecule has 3 fully saturated rings. The van der Waals surface area contributed by atoms with Crippen LogP contribution in [0.15, 0.2) is 24.3 Å². The van der Waals surface area contributed by atoms with Crippen LogP contribution in [0.2, 0.25) is 0 Å². The Labute approximate surface area is 165 Å². The van der Waals surface area contributed by atoms with Gasteiger partial charge in [0.2, 0.25) is 5.91 Å². The summed E-state index contributed by atoms with van der Waals surface area (Å²) in [6.07, 6.45) is 3.56. The predicted molar refractivity (Wildman–Crippen MR) is 102 cm³/mol. The number of hydrogen-bond acceptors (Lipinski definition) is 3. The molecule has 3 aliphatic rings. The Morgan fingerprint density at radius 3 is 2.36 bits per heavy atom. The fraction of sp³-hybridized carbons (Fsp3) is 0.619. The molecule has 0 aliphatic carbocycles. The van der Waals surface area contributed by atoms with Gasteiger partial charge in [0, 0.05) is 39.9 Å². The summed E-state index contributed by atoms with van der Waals surface area (Å²) < 4.78 is 18.8. The van der Waals surface area contributed by atoms with Crippen LogP contribution in [0, 0.1) is 11.2 Å². The van der Waals surface area contributed by atoms with Crippen LogP contribution in [0.3, 0.4) is 0 Å². The highest BCUT2D eigenvalue weighted by Gasteiger charge is 2.48. The van der Waals surface area contributed by atoms with Gasteiger partial charge in [-0.05, 0) is 49.8 Å². The number of hydrogen-bond donors (Lipinski definition) is 1. The first-order valence-electron chi connectivity index (χ1n) is 10.1. The maximum atomic E-state index is 13.6. The van der Waals surface area contributed by atoms with Crippen molar-refractivity contribution >= 4 is 11.9 Å². The van der Waals surface area contributed by atoms with E-state index in [9.17, 15) is 14.0 Å². The Morgan fingerprint density at radius 2 is 1.79 bits per heavy atom. The Kier molecular flexibility index (Phi) is 5.04. The molecule has 3 saturated heterocycles. The number of piperidine rings is 1. The number of halogens is 1. The van der Waals surface area contributed by atoms with Crippen molar-refractivity contribution in [3.63, 3.8) is 0 Å². The van der Waals surface area contributed by atoms with Gasteiger partial charge >= 0.3 is 6.03 Å². The van der Waals surface area contributed by atoms with Gasteiger partial charge in [0.15, 0.2) is 0 Å². The van der Waals surface area contributed by atoms with Crippen molar-refractivity contribution in [2.24, 2.45) is 5.41 Å². The number of likely N-dealkylation sites (tertiary alicyclic amines) is 1. The van der Waals surface area contributed by atoms with E-state index in [0.29, 0.717) is 52.1 Å². The van der Waals surface area contributed by atoms with E-state index in [0.717, 1.165) is 18.4 Å². The molecule has 3 heterocycles. The number of ether oxygens (including phenoxy) is 1. The zero-order valence-electron chi connectivity index (χ0n) is 16.4. The maximum absolute atomic E-state index is 13.6. The molecule has 1 spiro atoms. The standard InChI is InChI=1S/C21H28FN3O3/c1-24-19(27)23-15-21(24)6-10-25(11-7-21)18(26)20(8-12-28-13-9-20)14-16-2-4-17(22)5-3-16/h2-5H,6-15H2,1H3,(H,23,27). The molecule has 3 amide bonds. The van der Waals surface area contributed by atoms with Gasteiger partial charge in [0.05, 0.1) is 11.0 Å². The molecule has 1 aromatic carbocycles. The molecule has 0 atom stereocenters. The summed E-state index contributed by atoms with van der Waals surface area (Å²) in [7, 11) is 1.84. The van der Waals surface area contributed by atoms with E-state index in [2.05, 4.69) is 5.32 Å². The fourth-order valence-corrected chi connectivity index (χ4v) is 4.89. The molecule has 6 nitrogen and oxygen atoms in total. The number of rotatable bonds is 3. The van der Waals surface area contributed by atoms with Crippen molar-refractivity contribution in [3.05, 3.63) is 35.6 Å². The smallest absolute Gasteiger partial charge is 0.317 e. The van der Waals surface area contributed by atoms with Gasteiger partial charge in [-0.25, -0.2) is 9.18 Å². The van der Waals surface area contributed by atoms with Crippen molar-refractivity contribution in [2.45, 2.75) is 37.6 Å². The lowest BCUT2D eigenvalue weighted by Gasteiger charge is -2.46. The summed E-state index contributed by atoms with van der Waals surface area (Å²) in [5, 5.41) is 2.92. The van der Waals surface area contributed by atoms with Crippen LogP contribution in [0.1, 0.15) is 31.2 Å². The van der Waals surface area contributed by atoms with Crippen LogP contribution in [0.25, 0.3) is 0 Å². The molecule has 7 heteroatoms. The molecule has 0 aromatic heterocycles. The number of nitrogens with one attached hydrogen (secondary N) is 1. The van der Waals surface area contributed by atoms with Crippen molar-refractivity contribution in [2.75, 3.05) is 39.9 Å². The highest BCUT2D eigenvalue weighted by molar-refractivity contribution is 5.83. The quantitative estimate of drug-likeness (QED) is 0.862. The Hall–Kier alpha value is -2.15. The molecule has 0 bridgehead atoms. The summed E-state index contributed by atoms with van der Waals surface area (Å²) in [6.45, 7) is 3.12. The predicted octanol–water partition coefficient (Wildman–Crippen LogP) is 2.18. The zero-order valence-corrected chi connectivity index (χ0v) is 16.4. The lowest BCUT2D eigenvalue weighted by Crippen LogP contribution is -2.57. The third-order valence-electron chi connectivity index (χ3n) is 6.93. The average Bonchev–Trinajstić information content (AvgIpc) is 2.99. The summed E-state index contributed by atoms with van der Waals surface area (Å²) in [5.41, 5.74) is 0.319. The van der Waals surface area contributed by atoms with Crippen LogP contribution in [-0.2, 0) is 16.0 Å². The largest absolute Gasteiger partial charge is 0.381 e. The third kappa shape index (κ3) is 3.36. The minimum absolute atomic E-state index is 0.0306. The highest BCUT2D eigenvalue weighted by Crippen LogP contribution is 2.39. The number of amides is 3. The molecule has 152 valence electrons. The number of likely N-dealkylation sites (N-methyl/N-ethyl adjacent to an activating group) is 1. The SMILES string of the molecule is CN1C(=O)NCC12CCN(C(=O)C1(Cc3ccc(F)cc3)CCOCC1)CC2. The molecule has 1 aromatic rings. The number of urea groups is 1. The van der Waals surface area contributed by atoms with Gasteiger partial charge in [-0.1, -0.05) is 12.1 Å². The number of benzene rings is 1.